The summed E-state index contributed by atoms with van der Waals surface area (Å²) >= 11 is 0. The van der Waals surface area contributed by atoms with Crippen molar-refractivity contribution in [3.05, 3.63) is 53.9 Å². The molecule has 2 N–H and O–H groups in total. The number of carboxylic acid groups (broad SMARTS) is 1. The van der Waals surface area contributed by atoms with Crippen molar-refractivity contribution in [2.75, 3.05) is 38.2 Å². The zero-order valence-corrected chi connectivity index (χ0v) is 15.1. The van der Waals surface area contributed by atoms with Gasteiger partial charge in [0, 0.05) is 38.1 Å². The van der Waals surface area contributed by atoms with Crippen LogP contribution in [0.5, 0.6) is 5.75 Å². The van der Waals surface area contributed by atoms with Crippen LogP contribution in [0.25, 0.3) is 0 Å². The fourth-order valence-electron chi connectivity index (χ4n) is 2.86. The number of hydrogen-bond donors (Lipinski definition) is 2. The number of carboxylic acids is 1. The molecule has 8 nitrogen and oxygen atoms in total. The van der Waals surface area contributed by atoms with Crippen LogP contribution in [0.15, 0.2) is 42.6 Å². The Kier molecular flexibility index (Phi) is 5.87. The van der Waals surface area contributed by atoms with E-state index in [1.807, 2.05) is 12.1 Å². The summed E-state index contributed by atoms with van der Waals surface area (Å²) in [4.78, 5) is 31.7. The molecule has 1 saturated heterocycles. The van der Waals surface area contributed by atoms with Gasteiger partial charge in [-0.15, -0.1) is 0 Å². The number of aromatic carboxylic acids is 1. The van der Waals surface area contributed by atoms with E-state index in [1.165, 1.54) is 12.3 Å². The molecule has 1 aliphatic rings. The summed E-state index contributed by atoms with van der Waals surface area (Å²) in [5.41, 5.74) is 1.45. The number of piperazine rings is 1. The van der Waals surface area contributed by atoms with Crippen molar-refractivity contribution >= 4 is 17.7 Å². The number of urea groups is 1. The highest BCUT2D eigenvalue weighted by Gasteiger charge is 2.24. The third-order valence-corrected chi connectivity index (χ3v) is 4.39. The number of carbonyl (C=O) groups excluding carboxylic acids is 1. The number of methoxy groups -OCH3 is 1. The highest BCUT2D eigenvalue weighted by Crippen LogP contribution is 2.22. The predicted octanol–water partition coefficient (Wildman–Crippen LogP) is 1.82. The van der Waals surface area contributed by atoms with Crippen LogP contribution in [0.4, 0.5) is 10.5 Å². The van der Waals surface area contributed by atoms with Crippen LogP contribution in [-0.2, 0) is 6.54 Å². The van der Waals surface area contributed by atoms with Crippen LogP contribution in [0, 0.1) is 0 Å². The first-order chi connectivity index (χ1) is 13.1. The highest BCUT2D eigenvalue weighted by molar-refractivity contribution is 5.92. The van der Waals surface area contributed by atoms with Gasteiger partial charge in [-0.1, -0.05) is 0 Å². The number of carbonyl (C=O) groups is 2. The molecule has 2 amide bonds. The first-order valence-corrected chi connectivity index (χ1v) is 8.68. The summed E-state index contributed by atoms with van der Waals surface area (Å²) in [7, 11) is 1.59. The molecule has 2 aromatic rings. The molecule has 27 heavy (non-hydrogen) atoms. The monoisotopic (exact) mass is 370 g/mol. The van der Waals surface area contributed by atoms with Crippen molar-refractivity contribution in [2.45, 2.75) is 6.54 Å². The Labute approximate surface area is 157 Å². The third-order valence-electron chi connectivity index (χ3n) is 4.39. The van der Waals surface area contributed by atoms with Gasteiger partial charge in [0.05, 0.1) is 24.9 Å². The molecular weight excluding hydrogens is 348 g/mol. The maximum atomic E-state index is 13.1. The van der Waals surface area contributed by atoms with Gasteiger partial charge in [0.15, 0.2) is 0 Å². The van der Waals surface area contributed by atoms with Gasteiger partial charge in [-0.05, 0) is 36.4 Å². The van der Waals surface area contributed by atoms with E-state index >= 15 is 0 Å². The number of rotatable bonds is 5. The van der Waals surface area contributed by atoms with Crippen molar-refractivity contribution in [2.24, 2.45) is 0 Å². The Hall–Kier alpha value is -3.13. The quantitative estimate of drug-likeness (QED) is 0.834. The second-order valence-corrected chi connectivity index (χ2v) is 6.15. The van der Waals surface area contributed by atoms with Gasteiger partial charge in [-0.25, -0.2) is 9.59 Å². The number of amides is 2. The molecule has 8 heteroatoms. The van der Waals surface area contributed by atoms with E-state index < -0.39 is 5.97 Å². The molecule has 1 fully saturated rings. The molecule has 142 valence electrons. The summed E-state index contributed by atoms with van der Waals surface area (Å²) in [6.45, 7) is 3.03. The maximum Gasteiger partial charge on any atom is 0.337 e. The minimum Gasteiger partial charge on any atom is -0.497 e. The number of pyridine rings is 1. The summed E-state index contributed by atoms with van der Waals surface area (Å²) in [6, 6.07) is 10.3. The first-order valence-electron chi connectivity index (χ1n) is 8.68. The standard InChI is InChI=1S/C19H22N4O4/c1-27-17-6-4-16(5-7-17)23(19(26)22-10-8-20-9-11-22)13-15-3-2-14(12-21-15)18(24)25/h2-7,12,20H,8-11,13H2,1H3,(H,24,25). The van der Waals surface area contributed by atoms with E-state index in [0.29, 0.717) is 24.5 Å². The molecular formula is C19H22N4O4. The lowest BCUT2D eigenvalue weighted by Gasteiger charge is -2.33. The SMILES string of the molecule is COc1ccc(N(Cc2ccc(C(=O)O)cn2)C(=O)N2CCNCC2)cc1. The van der Waals surface area contributed by atoms with E-state index in [9.17, 15) is 9.59 Å². The van der Waals surface area contributed by atoms with E-state index in [0.717, 1.165) is 18.8 Å². The van der Waals surface area contributed by atoms with E-state index in [1.54, 1.807) is 35.1 Å². The number of benzene rings is 1. The number of aromatic nitrogens is 1. The maximum absolute atomic E-state index is 13.1. The molecule has 1 aromatic carbocycles. The number of ether oxygens (including phenoxy) is 1. The van der Waals surface area contributed by atoms with Gasteiger partial charge in [0.2, 0.25) is 0 Å². The van der Waals surface area contributed by atoms with Gasteiger partial charge in [-0.2, -0.15) is 0 Å². The Morgan fingerprint density at radius 1 is 1.19 bits per heavy atom. The minimum absolute atomic E-state index is 0.106. The largest absolute Gasteiger partial charge is 0.497 e. The zero-order chi connectivity index (χ0) is 19.2. The van der Waals surface area contributed by atoms with Gasteiger partial charge in [-0.3, -0.25) is 9.88 Å². The molecule has 1 aliphatic heterocycles. The molecule has 1 aromatic heterocycles. The molecule has 0 bridgehead atoms. The van der Waals surface area contributed by atoms with Gasteiger partial charge < -0.3 is 20.1 Å². The molecule has 0 spiro atoms. The number of nitrogens with one attached hydrogen (secondary N) is 1. The smallest absolute Gasteiger partial charge is 0.337 e. The fourth-order valence-corrected chi connectivity index (χ4v) is 2.86. The number of anilines is 1. The van der Waals surface area contributed by atoms with E-state index in [2.05, 4.69) is 10.3 Å². The number of nitrogens with zero attached hydrogens (tertiary/aromatic N) is 3. The molecule has 2 heterocycles. The second-order valence-electron chi connectivity index (χ2n) is 6.15. The lowest BCUT2D eigenvalue weighted by atomic mass is 10.2. The van der Waals surface area contributed by atoms with E-state index in [4.69, 9.17) is 9.84 Å². The lowest BCUT2D eigenvalue weighted by molar-refractivity contribution is 0.0696. The zero-order valence-electron chi connectivity index (χ0n) is 15.1. The first kappa shape index (κ1) is 18.7. The van der Waals surface area contributed by atoms with Crippen LogP contribution in [-0.4, -0.2) is 60.3 Å². The Morgan fingerprint density at radius 2 is 1.89 bits per heavy atom. The van der Waals surface area contributed by atoms with Crippen molar-refractivity contribution < 1.29 is 19.4 Å². The van der Waals surface area contributed by atoms with Crippen molar-refractivity contribution in [3.8, 4) is 5.75 Å². The fraction of sp³-hybridized carbons (Fsp3) is 0.316. The van der Waals surface area contributed by atoms with Gasteiger partial charge in [0.25, 0.3) is 0 Å². The molecule has 3 rings (SSSR count). The molecule has 0 atom stereocenters. The van der Waals surface area contributed by atoms with Gasteiger partial charge >= 0.3 is 12.0 Å². The van der Waals surface area contributed by atoms with Crippen molar-refractivity contribution in [1.29, 1.82) is 0 Å². The van der Waals surface area contributed by atoms with E-state index in [-0.39, 0.29) is 18.1 Å². The van der Waals surface area contributed by atoms with Crippen molar-refractivity contribution in [1.82, 2.24) is 15.2 Å². The average Bonchev–Trinajstić information content (AvgIpc) is 2.72. The van der Waals surface area contributed by atoms with Crippen LogP contribution < -0.4 is 15.0 Å². The van der Waals surface area contributed by atoms with Crippen LogP contribution >= 0.6 is 0 Å². The summed E-state index contributed by atoms with van der Waals surface area (Å²) in [5.74, 6) is -0.324. The summed E-state index contributed by atoms with van der Waals surface area (Å²) in [5, 5.41) is 12.2. The Balaban J connectivity index is 1.85. The highest BCUT2D eigenvalue weighted by atomic mass is 16.5. The van der Waals surface area contributed by atoms with Gasteiger partial charge in [0.1, 0.15) is 5.75 Å². The third kappa shape index (κ3) is 4.53. The topological polar surface area (TPSA) is 95.0 Å². The lowest BCUT2D eigenvalue weighted by Crippen LogP contribution is -2.51. The second kappa shape index (κ2) is 8.50. The van der Waals surface area contributed by atoms with Crippen LogP contribution in [0.1, 0.15) is 16.1 Å². The minimum atomic E-state index is -1.03. The molecule has 0 saturated carbocycles. The molecule has 0 aliphatic carbocycles. The summed E-state index contributed by atoms with van der Waals surface area (Å²) in [6.07, 6.45) is 1.30. The molecule has 0 radical (unpaired) electrons. The molecule has 0 unspecified atom stereocenters. The normalized spacial score (nSPS) is 13.9. The Morgan fingerprint density at radius 3 is 2.44 bits per heavy atom. The van der Waals surface area contributed by atoms with Crippen LogP contribution in [0.3, 0.4) is 0 Å². The summed E-state index contributed by atoms with van der Waals surface area (Å²) < 4.78 is 5.19. The average molecular weight is 370 g/mol. The van der Waals surface area contributed by atoms with Crippen molar-refractivity contribution in [3.63, 3.8) is 0 Å². The number of hydrogen-bond acceptors (Lipinski definition) is 5. The van der Waals surface area contributed by atoms with Crippen LogP contribution in [0.2, 0.25) is 0 Å². The Bertz CT molecular complexity index is 786. The predicted molar refractivity (Wildman–Crippen MR) is 100 cm³/mol.